The van der Waals surface area contributed by atoms with Crippen LogP contribution in [0.5, 0.6) is 0 Å². The van der Waals surface area contributed by atoms with Gasteiger partial charge in [-0.1, -0.05) is 6.07 Å². The number of hydrogen-bond acceptors (Lipinski definition) is 4. The van der Waals surface area contributed by atoms with Gasteiger partial charge < -0.3 is 4.90 Å². The molecule has 0 saturated heterocycles. The Hall–Kier alpha value is -3.10. The summed E-state index contributed by atoms with van der Waals surface area (Å²) < 4.78 is 13.6. The zero-order chi connectivity index (χ0) is 17.1. The topological polar surface area (TPSA) is 74.6 Å². The summed E-state index contributed by atoms with van der Waals surface area (Å²) in [6.07, 6.45) is 0. The molecule has 0 spiro atoms. The molecule has 1 aliphatic heterocycles. The van der Waals surface area contributed by atoms with Gasteiger partial charge in [0.25, 0.3) is 0 Å². The third-order valence-electron chi connectivity index (χ3n) is 4.17. The minimum absolute atomic E-state index is 0.0923. The molecular formula is C18H15FN4. The van der Waals surface area contributed by atoms with Crippen molar-refractivity contribution in [1.82, 2.24) is 4.90 Å². The average Bonchev–Trinajstić information content (AvgIpc) is 2.55. The molecule has 0 amide bonds. The molecule has 1 aromatic rings. The zero-order valence-corrected chi connectivity index (χ0v) is 13.2. The van der Waals surface area contributed by atoms with E-state index in [0.29, 0.717) is 23.3 Å². The standard InChI is InChI=1S/C18H15FN4/c1-4-23-11(2)15(9-21)18(16(10-22)12(23)3)13-5-6-17(19)14(7-13)8-20/h5-7,18H,4H2,1-3H3. The largest absolute Gasteiger partial charge is 0.347 e. The molecule has 4 nitrogen and oxygen atoms in total. The molecule has 0 atom stereocenters. The number of hydrogen-bond donors (Lipinski definition) is 0. The van der Waals surface area contributed by atoms with E-state index in [2.05, 4.69) is 12.1 Å². The summed E-state index contributed by atoms with van der Waals surface area (Å²) in [5.74, 6) is -1.18. The second kappa shape index (κ2) is 6.34. The molecule has 0 aliphatic carbocycles. The molecule has 1 aliphatic rings. The number of benzene rings is 1. The summed E-state index contributed by atoms with van der Waals surface area (Å²) in [5, 5.41) is 28.2. The molecule has 5 heteroatoms. The van der Waals surface area contributed by atoms with Crippen LogP contribution >= 0.6 is 0 Å². The second-order valence-electron chi connectivity index (χ2n) is 5.25. The van der Waals surface area contributed by atoms with Crippen LogP contribution in [0.2, 0.25) is 0 Å². The Morgan fingerprint density at radius 2 is 1.61 bits per heavy atom. The van der Waals surface area contributed by atoms with Crippen molar-refractivity contribution in [2.75, 3.05) is 6.54 Å². The summed E-state index contributed by atoms with van der Waals surface area (Å²) in [4.78, 5) is 1.92. The van der Waals surface area contributed by atoms with E-state index in [1.54, 1.807) is 6.07 Å². The van der Waals surface area contributed by atoms with Gasteiger partial charge in [0.15, 0.2) is 0 Å². The minimum atomic E-state index is -0.610. The second-order valence-corrected chi connectivity index (χ2v) is 5.25. The van der Waals surface area contributed by atoms with Crippen LogP contribution < -0.4 is 0 Å². The van der Waals surface area contributed by atoms with E-state index in [0.717, 1.165) is 11.4 Å². The van der Waals surface area contributed by atoms with Crippen LogP contribution in [0.15, 0.2) is 40.7 Å². The van der Waals surface area contributed by atoms with Crippen molar-refractivity contribution in [1.29, 1.82) is 15.8 Å². The monoisotopic (exact) mass is 306 g/mol. The Bertz CT molecular complexity index is 805. The van der Waals surface area contributed by atoms with E-state index < -0.39 is 11.7 Å². The Morgan fingerprint density at radius 3 is 2.04 bits per heavy atom. The minimum Gasteiger partial charge on any atom is -0.347 e. The lowest BCUT2D eigenvalue weighted by atomic mass is 9.80. The zero-order valence-electron chi connectivity index (χ0n) is 13.2. The van der Waals surface area contributed by atoms with Crippen molar-refractivity contribution in [3.05, 3.63) is 57.7 Å². The molecule has 23 heavy (non-hydrogen) atoms. The van der Waals surface area contributed by atoms with Crippen LogP contribution in [0.4, 0.5) is 4.39 Å². The molecule has 0 fully saturated rings. The van der Waals surface area contributed by atoms with Gasteiger partial charge >= 0.3 is 0 Å². The molecule has 2 rings (SSSR count). The Labute approximate surface area is 135 Å². The molecule has 0 unspecified atom stereocenters. The molecule has 114 valence electrons. The van der Waals surface area contributed by atoms with Crippen LogP contribution in [0.1, 0.15) is 37.8 Å². The lowest BCUT2D eigenvalue weighted by Crippen LogP contribution is -2.28. The number of halogens is 1. The van der Waals surface area contributed by atoms with E-state index in [1.165, 1.54) is 18.2 Å². The molecular weight excluding hydrogens is 291 g/mol. The summed E-state index contributed by atoms with van der Waals surface area (Å²) in [7, 11) is 0. The quantitative estimate of drug-likeness (QED) is 0.834. The molecule has 0 radical (unpaired) electrons. The Balaban J connectivity index is 2.73. The number of nitrogens with zero attached hydrogens (tertiary/aromatic N) is 4. The van der Waals surface area contributed by atoms with Crippen LogP contribution in [-0.2, 0) is 0 Å². The van der Waals surface area contributed by atoms with Crippen molar-refractivity contribution in [2.45, 2.75) is 26.7 Å². The maximum atomic E-state index is 13.6. The number of allylic oxidation sites excluding steroid dienone is 4. The first kappa shape index (κ1) is 16.3. The maximum absolute atomic E-state index is 13.6. The average molecular weight is 306 g/mol. The smallest absolute Gasteiger partial charge is 0.140 e. The van der Waals surface area contributed by atoms with Crippen LogP contribution in [-0.4, -0.2) is 11.4 Å². The van der Waals surface area contributed by atoms with Crippen molar-refractivity contribution in [2.24, 2.45) is 0 Å². The van der Waals surface area contributed by atoms with Crippen LogP contribution in [0.25, 0.3) is 0 Å². The van der Waals surface area contributed by atoms with Gasteiger partial charge in [-0.3, -0.25) is 0 Å². The number of rotatable bonds is 2. The maximum Gasteiger partial charge on any atom is 0.140 e. The fourth-order valence-electron chi connectivity index (χ4n) is 3.01. The Morgan fingerprint density at radius 1 is 1.04 bits per heavy atom. The van der Waals surface area contributed by atoms with E-state index in [4.69, 9.17) is 5.26 Å². The highest BCUT2D eigenvalue weighted by Crippen LogP contribution is 2.41. The van der Waals surface area contributed by atoms with Gasteiger partial charge in [0.05, 0.1) is 34.8 Å². The molecule has 1 aromatic carbocycles. The molecule has 0 bridgehead atoms. The van der Waals surface area contributed by atoms with Crippen molar-refractivity contribution < 1.29 is 4.39 Å². The van der Waals surface area contributed by atoms with E-state index in [-0.39, 0.29) is 5.56 Å². The first-order valence-corrected chi connectivity index (χ1v) is 7.18. The van der Waals surface area contributed by atoms with E-state index in [9.17, 15) is 14.9 Å². The third-order valence-corrected chi connectivity index (χ3v) is 4.17. The van der Waals surface area contributed by atoms with Gasteiger partial charge in [-0.05, 0) is 38.5 Å². The van der Waals surface area contributed by atoms with Gasteiger partial charge in [-0.25, -0.2) is 4.39 Å². The fourth-order valence-corrected chi connectivity index (χ4v) is 3.01. The van der Waals surface area contributed by atoms with Gasteiger partial charge in [0.1, 0.15) is 11.9 Å². The SMILES string of the molecule is CCN1C(C)=C(C#N)C(c2ccc(F)c(C#N)c2)C(C#N)=C1C. The predicted molar refractivity (Wildman–Crippen MR) is 82.9 cm³/mol. The van der Waals surface area contributed by atoms with E-state index >= 15 is 0 Å². The lowest BCUT2D eigenvalue weighted by Gasteiger charge is -2.34. The first-order chi connectivity index (χ1) is 11.0. The highest BCUT2D eigenvalue weighted by atomic mass is 19.1. The summed E-state index contributed by atoms with van der Waals surface area (Å²) in [6, 6.07) is 10.3. The number of nitriles is 3. The van der Waals surface area contributed by atoms with Crippen molar-refractivity contribution in [3.8, 4) is 18.2 Å². The van der Waals surface area contributed by atoms with Gasteiger partial charge in [0.2, 0.25) is 0 Å². The van der Waals surface area contributed by atoms with Crippen LogP contribution in [0.3, 0.4) is 0 Å². The Kier molecular flexibility index (Phi) is 4.49. The molecule has 1 heterocycles. The summed E-state index contributed by atoms with van der Waals surface area (Å²) in [6.45, 7) is 6.26. The normalized spacial score (nSPS) is 15.3. The van der Waals surface area contributed by atoms with E-state index in [1.807, 2.05) is 25.7 Å². The van der Waals surface area contributed by atoms with Gasteiger partial charge in [-0.15, -0.1) is 0 Å². The highest BCUT2D eigenvalue weighted by molar-refractivity contribution is 5.56. The fraction of sp³-hybridized carbons (Fsp3) is 0.278. The summed E-state index contributed by atoms with van der Waals surface area (Å²) in [5.41, 5.74) is 2.93. The third kappa shape index (κ3) is 2.56. The molecule has 0 aromatic heterocycles. The van der Waals surface area contributed by atoms with Gasteiger partial charge in [0, 0.05) is 17.9 Å². The van der Waals surface area contributed by atoms with Gasteiger partial charge in [-0.2, -0.15) is 15.8 Å². The predicted octanol–water partition coefficient (Wildman–Crippen LogP) is 3.71. The van der Waals surface area contributed by atoms with Crippen molar-refractivity contribution in [3.63, 3.8) is 0 Å². The lowest BCUT2D eigenvalue weighted by molar-refractivity contribution is 0.428. The van der Waals surface area contributed by atoms with Crippen LogP contribution in [0, 0.1) is 39.8 Å². The first-order valence-electron chi connectivity index (χ1n) is 7.18. The molecule has 0 N–H and O–H groups in total. The van der Waals surface area contributed by atoms with Crippen molar-refractivity contribution >= 4 is 0 Å². The molecule has 0 saturated carbocycles. The highest BCUT2D eigenvalue weighted by Gasteiger charge is 2.32. The summed E-state index contributed by atoms with van der Waals surface area (Å²) >= 11 is 0.